The number of fused-ring (bicyclic) bond motifs is 3. The number of hydrogen-bond acceptors (Lipinski definition) is 4. The molecule has 0 atom stereocenters. The quantitative estimate of drug-likeness (QED) is 0.681. The minimum Gasteiger partial charge on any atom is -0.338 e. The number of ether oxygens (including phenoxy) is 1. The molecule has 5 nitrogen and oxygen atoms in total. The molecule has 2 aliphatic rings. The van der Waals surface area contributed by atoms with Crippen molar-refractivity contribution in [1.82, 2.24) is 9.58 Å². The summed E-state index contributed by atoms with van der Waals surface area (Å²) in [6, 6.07) is 4.20. The first kappa shape index (κ1) is 10.5. The Morgan fingerprint density at radius 3 is 2.88 bits per heavy atom. The molecule has 0 aliphatic carbocycles. The maximum atomic E-state index is 5.27. The fraction of sp³-hybridized carbons (Fsp3) is 0.500. The maximum absolute atomic E-state index is 5.27. The Hall–Kier alpha value is -1.62. The van der Waals surface area contributed by atoms with Crippen LogP contribution in [0.4, 0.5) is 0 Å². The SMILES string of the molecule is CC(C)(C)c1ccc2n1N=CN1COCN=C21. The van der Waals surface area contributed by atoms with Gasteiger partial charge in [0, 0.05) is 11.1 Å². The van der Waals surface area contributed by atoms with E-state index in [0.29, 0.717) is 13.5 Å². The van der Waals surface area contributed by atoms with Gasteiger partial charge < -0.3 is 4.74 Å². The van der Waals surface area contributed by atoms with Gasteiger partial charge in [-0.2, -0.15) is 5.10 Å². The van der Waals surface area contributed by atoms with Gasteiger partial charge in [-0.05, 0) is 12.1 Å². The van der Waals surface area contributed by atoms with Crippen molar-refractivity contribution in [1.29, 1.82) is 0 Å². The highest BCUT2D eigenvalue weighted by molar-refractivity contribution is 6.05. The number of aliphatic imine (C=N–C) groups is 1. The summed E-state index contributed by atoms with van der Waals surface area (Å²) in [5, 5.41) is 4.46. The van der Waals surface area contributed by atoms with Crippen LogP contribution in [0, 0.1) is 0 Å². The zero-order valence-electron chi connectivity index (χ0n) is 10.3. The summed E-state index contributed by atoms with van der Waals surface area (Å²) in [5.41, 5.74) is 2.31. The molecule has 3 rings (SSSR count). The number of amidine groups is 1. The van der Waals surface area contributed by atoms with Gasteiger partial charge in [-0.25, -0.2) is 9.67 Å². The highest BCUT2D eigenvalue weighted by Crippen LogP contribution is 2.27. The van der Waals surface area contributed by atoms with E-state index >= 15 is 0 Å². The second kappa shape index (κ2) is 3.43. The second-order valence-corrected chi connectivity index (χ2v) is 5.31. The van der Waals surface area contributed by atoms with Crippen molar-refractivity contribution in [2.75, 3.05) is 13.5 Å². The van der Waals surface area contributed by atoms with E-state index in [0.717, 1.165) is 11.5 Å². The Kier molecular flexibility index (Phi) is 2.13. The van der Waals surface area contributed by atoms with Crippen LogP contribution >= 0.6 is 0 Å². The second-order valence-electron chi connectivity index (χ2n) is 5.31. The van der Waals surface area contributed by atoms with E-state index in [1.165, 1.54) is 5.69 Å². The molecule has 0 fully saturated rings. The zero-order valence-corrected chi connectivity index (χ0v) is 10.3. The van der Waals surface area contributed by atoms with Crippen LogP contribution in [0.25, 0.3) is 0 Å². The Labute approximate surface area is 100 Å². The molecule has 0 aromatic carbocycles. The van der Waals surface area contributed by atoms with Gasteiger partial charge in [-0.1, -0.05) is 20.8 Å². The summed E-state index contributed by atoms with van der Waals surface area (Å²) in [6.07, 6.45) is 1.78. The van der Waals surface area contributed by atoms with E-state index < -0.39 is 0 Å². The summed E-state index contributed by atoms with van der Waals surface area (Å²) >= 11 is 0. The van der Waals surface area contributed by atoms with Gasteiger partial charge in [0.05, 0.1) is 0 Å². The zero-order chi connectivity index (χ0) is 12.0. The average molecular weight is 232 g/mol. The Morgan fingerprint density at radius 1 is 1.29 bits per heavy atom. The molecule has 0 amide bonds. The van der Waals surface area contributed by atoms with Crippen LogP contribution in [0.1, 0.15) is 32.2 Å². The first-order valence-electron chi connectivity index (χ1n) is 5.73. The smallest absolute Gasteiger partial charge is 0.159 e. The number of rotatable bonds is 0. The third kappa shape index (κ3) is 1.58. The lowest BCUT2D eigenvalue weighted by Crippen LogP contribution is -2.40. The molecule has 3 heterocycles. The van der Waals surface area contributed by atoms with Crippen molar-refractivity contribution in [2.45, 2.75) is 26.2 Å². The topological polar surface area (TPSA) is 42.1 Å². The van der Waals surface area contributed by atoms with Gasteiger partial charge in [0.2, 0.25) is 0 Å². The Balaban J connectivity index is 2.13. The number of hydrogen-bond donors (Lipinski definition) is 0. The van der Waals surface area contributed by atoms with E-state index in [9.17, 15) is 0 Å². The lowest BCUT2D eigenvalue weighted by atomic mass is 9.92. The minimum atomic E-state index is 0.0729. The van der Waals surface area contributed by atoms with Crippen LogP contribution in [-0.4, -0.2) is 35.2 Å². The van der Waals surface area contributed by atoms with Crippen molar-refractivity contribution in [2.24, 2.45) is 10.1 Å². The summed E-state index contributed by atoms with van der Waals surface area (Å²) < 4.78 is 7.24. The van der Waals surface area contributed by atoms with Gasteiger partial charge in [-0.3, -0.25) is 4.90 Å². The van der Waals surface area contributed by atoms with E-state index in [2.05, 4.69) is 43.0 Å². The molecule has 17 heavy (non-hydrogen) atoms. The molecule has 0 N–H and O–H groups in total. The molecule has 0 radical (unpaired) electrons. The standard InChI is InChI=1S/C12H16N4O/c1-12(2,3)10-5-4-9-11-13-7-17-8-15(11)6-14-16(9)10/h4-6H,7-8H2,1-3H3. The predicted octanol–water partition coefficient (Wildman–Crippen LogP) is 1.58. The summed E-state index contributed by atoms with van der Waals surface area (Å²) in [7, 11) is 0. The van der Waals surface area contributed by atoms with Crippen LogP contribution in [0.15, 0.2) is 22.2 Å². The lowest BCUT2D eigenvalue weighted by Gasteiger charge is -2.29. The van der Waals surface area contributed by atoms with E-state index in [-0.39, 0.29) is 5.41 Å². The maximum Gasteiger partial charge on any atom is 0.159 e. The van der Waals surface area contributed by atoms with Crippen molar-refractivity contribution in [3.8, 4) is 0 Å². The molecule has 1 aromatic heterocycles. The fourth-order valence-corrected chi connectivity index (χ4v) is 2.12. The molecule has 1 aromatic rings. The molecule has 0 spiro atoms. The monoisotopic (exact) mass is 232 g/mol. The predicted molar refractivity (Wildman–Crippen MR) is 66.2 cm³/mol. The fourth-order valence-electron chi connectivity index (χ4n) is 2.12. The van der Waals surface area contributed by atoms with Gasteiger partial charge in [-0.15, -0.1) is 0 Å². The van der Waals surface area contributed by atoms with Gasteiger partial charge in [0.25, 0.3) is 0 Å². The molecule has 2 aliphatic heterocycles. The molecule has 0 saturated carbocycles. The van der Waals surface area contributed by atoms with Gasteiger partial charge >= 0.3 is 0 Å². The van der Waals surface area contributed by atoms with Gasteiger partial charge in [0.1, 0.15) is 25.5 Å². The van der Waals surface area contributed by atoms with Crippen molar-refractivity contribution in [3.63, 3.8) is 0 Å². The first-order chi connectivity index (χ1) is 8.07. The van der Waals surface area contributed by atoms with E-state index in [4.69, 9.17) is 4.74 Å². The molecule has 5 heteroatoms. The third-order valence-electron chi connectivity index (χ3n) is 2.97. The molecule has 90 valence electrons. The minimum absolute atomic E-state index is 0.0729. The normalized spacial score (nSPS) is 18.8. The number of aromatic nitrogens is 1. The summed E-state index contributed by atoms with van der Waals surface area (Å²) in [5.74, 6) is 0.946. The third-order valence-corrected chi connectivity index (χ3v) is 2.97. The summed E-state index contributed by atoms with van der Waals surface area (Å²) in [4.78, 5) is 6.32. The first-order valence-corrected chi connectivity index (χ1v) is 5.73. The van der Waals surface area contributed by atoms with Crippen LogP contribution in [0.5, 0.6) is 0 Å². The van der Waals surface area contributed by atoms with E-state index in [1.807, 2.05) is 9.58 Å². The number of nitrogens with zero attached hydrogens (tertiary/aromatic N) is 4. The molecule has 0 saturated heterocycles. The van der Waals surface area contributed by atoms with Crippen LogP contribution in [0.3, 0.4) is 0 Å². The van der Waals surface area contributed by atoms with E-state index in [1.54, 1.807) is 6.34 Å². The lowest BCUT2D eigenvalue weighted by molar-refractivity contribution is 0.0836. The molecule has 0 unspecified atom stereocenters. The highest BCUT2D eigenvalue weighted by atomic mass is 16.5. The largest absolute Gasteiger partial charge is 0.338 e. The molecule has 0 bridgehead atoms. The van der Waals surface area contributed by atoms with Crippen LogP contribution in [-0.2, 0) is 10.2 Å². The Morgan fingerprint density at radius 2 is 2.12 bits per heavy atom. The van der Waals surface area contributed by atoms with Crippen LogP contribution in [0.2, 0.25) is 0 Å². The van der Waals surface area contributed by atoms with Crippen molar-refractivity contribution >= 4 is 12.2 Å². The van der Waals surface area contributed by atoms with Crippen molar-refractivity contribution in [3.05, 3.63) is 23.5 Å². The Bertz CT molecular complexity index is 507. The molecular weight excluding hydrogens is 216 g/mol. The van der Waals surface area contributed by atoms with Gasteiger partial charge in [0.15, 0.2) is 5.84 Å². The highest BCUT2D eigenvalue weighted by Gasteiger charge is 2.28. The van der Waals surface area contributed by atoms with Crippen LogP contribution < -0.4 is 0 Å². The summed E-state index contributed by atoms with van der Waals surface area (Å²) in [6.45, 7) is 7.50. The average Bonchev–Trinajstić information content (AvgIpc) is 2.72. The van der Waals surface area contributed by atoms with Crippen molar-refractivity contribution < 1.29 is 4.74 Å². The molecular formula is C12H16N4O.